The number of carboxylic acids is 1. The molecule has 0 aliphatic carbocycles. The summed E-state index contributed by atoms with van der Waals surface area (Å²) in [5, 5.41) is 8.58. The van der Waals surface area contributed by atoms with Gasteiger partial charge in [0.25, 0.3) is 0 Å². The highest BCUT2D eigenvalue weighted by Crippen LogP contribution is 2.08. The summed E-state index contributed by atoms with van der Waals surface area (Å²) in [6, 6.07) is 0. The van der Waals surface area contributed by atoms with E-state index in [4.69, 9.17) is 9.84 Å². The molecule has 1 unspecified atom stereocenters. The highest BCUT2D eigenvalue weighted by Gasteiger charge is 2.09. The van der Waals surface area contributed by atoms with E-state index in [2.05, 4.69) is 0 Å². The molecule has 0 rings (SSSR count). The first kappa shape index (κ1) is 12.8. The molecular formula is C9H18O3S. The number of ether oxygens (including phenoxy) is 1. The van der Waals surface area contributed by atoms with Crippen LogP contribution in [0.2, 0.25) is 0 Å². The molecule has 0 radical (unpaired) electrons. The third-order valence-corrected chi connectivity index (χ3v) is 2.66. The minimum atomic E-state index is -0.725. The van der Waals surface area contributed by atoms with Gasteiger partial charge in [-0.3, -0.25) is 4.79 Å². The number of carboxylic acid groups (broad SMARTS) is 1. The van der Waals surface area contributed by atoms with E-state index in [1.54, 1.807) is 18.7 Å². The smallest absolute Gasteiger partial charge is 0.307 e. The lowest BCUT2D eigenvalue weighted by Gasteiger charge is -2.08. The monoisotopic (exact) mass is 206 g/mol. The molecule has 0 saturated carbocycles. The Balaban J connectivity index is 3.21. The Morgan fingerprint density at radius 3 is 2.54 bits per heavy atom. The predicted molar refractivity (Wildman–Crippen MR) is 55.2 cm³/mol. The Labute approximate surface area is 83.9 Å². The van der Waals surface area contributed by atoms with Gasteiger partial charge in [-0.2, -0.15) is 11.8 Å². The third kappa shape index (κ3) is 8.12. The van der Waals surface area contributed by atoms with E-state index in [1.807, 2.05) is 13.8 Å². The molecule has 0 spiro atoms. The summed E-state index contributed by atoms with van der Waals surface area (Å²) in [5.41, 5.74) is 0. The first-order valence-electron chi connectivity index (χ1n) is 4.46. The van der Waals surface area contributed by atoms with E-state index in [9.17, 15) is 4.79 Å². The molecular weight excluding hydrogens is 188 g/mol. The first-order chi connectivity index (χ1) is 6.04. The molecule has 0 aliphatic rings. The van der Waals surface area contributed by atoms with Crippen LogP contribution in [0.15, 0.2) is 0 Å². The number of hydrogen-bond donors (Lipinski definition) is 1. The van der Waals surface area contributed by atoms with Gasteiger partial charge in [0, 0.05) is 11.5 Å². The van der Waals surface area contributed by atoms with Gasteiger partial charge in [-0.05, 0) is 13.8 Å². The van der Waals surface area contributed by atoms with Crippen molar-refractivity contribution in [1.29, 1.82) is 0 Å². The van der Waals surface area contributed by atoms with Gasteiger partial charge in [0.1, 0.15) is 0 Å². The Hall–Kier alpha value is -0.220. The normalized spacial score (nSPS) is 13.2. The standard InChI is InChI=1S/C9H18O3S/c1-7(2)12-4-5-13-6-8(3)9(10)11/h7-8H,4-6H2,1-3H3,(H,10,11). The van der Waals surface area contributed by atoms with E-state index in [1.165, 1.54) is 0 Å². The van der Waals surface area contributed by atoms with Crippen molar-refractivity contribution >= 4 is 17.7 Å². The minimum Gasteiger partial charge on any atom is -0.481 e. The molecule has 0 bridgehead atoms. The molecule has 0 aliphatic heterocycles. The fourth-order valence-corrected chi connectivity index (χ4v) is 1.55. The number of aliphatic carboxylic acids is 1. The maximum atomic E-state index is 10.4. The molecule has 1 N–H and O–H groups in total. The van der Waals surface area contributed by atoms with Crippen LogP contribution in [-0.4, -0.2) is 35.3 Å². The molecule has 4 heteroatoms. The van der Waals surface area contributed by atoms with Gasteiger partial charge in [-0.25, -0.2) is 0 Å². The molecule has 3 nitrogen and oxygen atoms in total. The molecule has 0 aromatic carbocycles. The zero-order valence-electron chi connectivity index (χ0n) is 8.45. The van der Waals surface area contributed by atoms with Crippen molar-refractivity contribution in [3.05, 3.63) is 0 Å². The summed E-state index contributed by atoms with van der Waals surface area (Å²) in [4.78, 5) is 10.4. The van der Waals surface area contributed by atoms with Gasteiger partial charge in [-0.15, -0.1) is 0 Å². The quantitative estimate of drug-likeness (QED) is 0.646. The molecule has 0 fully saturated rings. The van der Waals surface area contributed by atoms with E-state index in [-0.39, 0.29) is 12.0 Å². The highest BCUT2D eigenvalue weighted by molar-refractivity contribution is 7.99. The highest BCUT2D eigenvalue weighted by atomic mass is 32.2. The largest absolute Gasteiger partial charge is 0.481 e. The van der Waals surface area contributed by atoms with Crippen molar-refractivity contribution in [3.63, 3.8) is 0 Å². The van der Waals surface area contributed by atoms with Crippen LogP contribution in [0.1, 0.15) is 20.8 Å². The van der Waals surface area contributed by atoms with Crippen molar-refractivity contribution in [3.8, 4) is 0 Å². The fraction of sp³-hybridized carbons (Fsp3) is 0.889. The van der Waals surface area contributed by atoms with E-state index in [0.717, 1.165) is 5.75 Å². The average molecular weight is 206 g/mol. The second-order valence-corrected chi connectivity index (χ2v) is 4.38. The summed E-state index contributed by atoms with van der Waals surface area (Å²) < 4.78 is 5.32. The number of thioether (sulfide) groups is 1. The van der Waals surface area contributed by atoms with E-state index < -0.39 is 5.97 Å². The van der Waals surface area contributed by atoms with Crippen LogP contribution in [0.25, 0.3) is 0 Å². The Bertz CT molecular complexity index is 148. The minimum absolute atomic E-state index is 0.260. The lowest BCUT2D eigenvalue weighted by Crippen LogP contribution is -2.13. The molecule has 0 heterocycles. The summed E-state index contributed by atoms with van der Waals surface area (Å²) in [6.07, 6.45) is 0.262. The third-order valence-electron chi connectivity index (χ3n) is 1.47. The van der Waals surface area contributed by atoms with Gasteiger partial charge in [0.15, 0.2) is 0 Å². The molecule has 0 saturated heterocycles. The van der Waals surface area contributed by atoms with Crippen molar-refractivity contribution in [2.75, 3.05) is 18.1 Å². The van der Waals surface area contributed by atoms with Crippen LogP contribution in [0.4, 0.5) is 0 Å². The SMILES string of the molecule is CC(C)OCCSCC(C)C(=O)O. The van der Waals surface area contributed by atoms with Crippen LogP contribution >= 0.6 is 11.8 Å². The molecule has 0 aromatic heterocycles. The molecule has 0 amide bonds. The van der Waals surface area contributed by atoms with Crippen LogP contribution in [0.5, 0.6) is 0 Å². The number of carbonyl (C=O) groups is 1. The summed E-state index contributed by atoms with van der Waals surface area (Å²) in [6.45, 7) is 6.41. The van der Waals surface area contributed by atoms with E-state index >= 15 is 0 Å². The van der Waals surface area contributed by atoms with Crippen LogP contribution in [0.3, 0.4) is 0 Å². The second kappa shape index (κ2) is 7.21. The Kier molecular flexibility index (Phi) is 7.09. The van der Waals surface area contributed by atoms with Crippen molar-refractivity contribution in [2.45, 2.75) is 26.9 Å². The van der Waals surface area contributed by atoms with Gasteiger partial charge in [-0.1, -0.05) is 6.92 Å². The Morgan fingerprint density at radius 1 is 1.46 bits per heavy atom. The van der Waals surface area contributed by atoms with Crippen LogP contribution in [-0.2, 0) is 9.53 Å². The van der Waals surface area contributed by atoms with Crippen molar-refractivity contribution < 1.29 is 14.6 Å². The molecule has 78 valence electrons. The zero-order valence-corrected chi connectivity index (χ0v) is 9.26. The summed E-state index contributed by atoms with van der Waals surface area (Å²) in [5.74, 6) is 0.549. The maximum Gasteiger partial charge on any atom is 0.307 e. The zero-order chi connectivity index (χ0) is 10.3. The number of rotatable bonds is 7. The summed E-state index contributed by atoms with van der Waals surface area (Å²) in [7, 11) is 0. The van der Waals surface area contributed by atoms with Crippen LogP contribution in [0, 0.1) is 5.92 Å². The maximum absolute atomic E-state index is 10.4. The fourth-order valence-electron chi connectivity index (χ4n) is 0.674. The van der Waals surface area contributed by atoms with Gasteiger partial charge in [0.2, 0.25) is 0 Å². The lowest BCUT2D eigenvalue weighted by molar-refractivity contribution is -0.140. The van der Waals surface area contributed by atoms with Crippen molar-refractivity contribution in [2.24, 2.45) is 5.92 Å². The van der Waals surface area contributed by atoms with Gasteiger partial charge >= 0.3 is 5.97 Å². The second-order valence-electron chi connectivity index (χ2n) is 3.23. The predicted octanol–water partition coefficient (Wildman–Crippen LogP) is 1.87. The molecule has 0 aromatic rings. The van der Waals surface area contributed by atoms with Crippen molar-refractivity contribution in [1.82, 2.24) is 0 Å². The average Bonchev–Trinajstić information content (AvgIpc) is 2.02. The van der Waals surface area contributed by atoms with Gasteiger partial charge in [0.05, 0.1) is 18.6 Å². The van der Waals surface area contributed by atoms with E-state index in [0.29, 0.717) is 12.4 Å². The molecule has 1 atom stereocenters. The summed E-state index contributed by atoms with van der Waals surface area (Å²) >= 11 is 1.63. The lowest BCUT2D eigenvalue weighted by atomic mass is 10.2. The molecule has 13 heavy (non-hydrogen) atoms. The topological polar surface area (TPSA) is 46.5 Å². The first-order valence-corrected chi connectivity index (χ1v) is 5.61. The van der Waals surface area contributed by atoms with Gasteiger partial charge < -0.3 is 9.84 Å². The number of hydrogen-bond acceptors (Lipinski definition) is 3. The van der Waals surface area contributed by atoms with Crippen LogP contribution < -0.4 is 0 Å². The Morgan fingerprint density at radius 2 is 2.08 bits per heavy atom.